The second-order valence-corrected chi connectivity index (χ2v) is 14.2. The molecular formula is C32H28F5N5O5S. The summed E-state index contributed by atoms with van der Waals surface area (Å²) in [6.07, 6.45) is 4.48. The summed E-state index contributed by atoms with van der Waals surface area (Å²) in [4.78, 5) is 22.6. The number of carbonyl (C=O) groups excluding carboxylic acids is 1. The van der Waals surface area contributed by atoms with Crippen LogP contribution in [0.4, 0.5) is 27.6 Å². The van der Waals surface area contributed by atoms with E-state index in [4.69, 9.17) is 4.52 Å². The molecule has 4 aromatic rings. The zero-order chi connectivity index (χ0) is 34.0. The number of carbonyl (C=O) groups is 1. The lowest BCUT2D eigenvalue weighted by Gasteiger charge is -2.47. The second-order valence-electron chi connectivity index (χ2n) is 12.4. The van der Waals surface area contributed by atoms with E-state index in [9.17, 15) is 35.2 Å². The van der Waals surface area contributed by atoms with Gasteiger partial charge in [-0.1, -0.05) is 11.2 Å². The highest BCUT2D eigenvalue weighted by molar-refractivity contribution is 7.89. The van der Waals surface area contributed by atoms with E-state index in [-0.39, 0.29) is 39.2 Å². The third kappa shape index (κ3) is 6.20. The Balaban J connectivity index is 1.13. The van der Waals surface area contributed by atoms with Gasteiger partial charge in [0.15, 0.2) is 0 Å². The predicted molar refractivity (Wildman–Crippen MR) is 164 cm³/mol. The van der Waals surface area contributed by atoms with Gasteiger partial charge in [0.25, 0.3) is 5.91 Å². The molecule has 1 spiro atoms. The van der Waals surface area contributed by atoms with Crippen LogP contribution in [0.1, 0.15) is 65.4 Å². The maximum atomic E-state index is 13.9. The van der Waals surface area contributed by atoms with Gasteiger partial charge in [-0.05, 0) is 67.4 Å². The molecular weight excluding hydrogens is 661 g/mol. The van der Waals surface area contributed by atoms with Crippen LogP contribution < -0.4 is 14.4 Å². The predicted octanol–water partition coefficient (Wildman–Crippen LogP) is 6.55. The number of alkyl halides is 5. The number of hydrogen-bond acceptors (Lipinski definition) is 9. The van der Waals surface area contributed by atoms with Crippen molar-refractivity contribution in [2.75, 3.05) is 24.2 Å². The normalized spacial score (nSPS) is 17.8. The monoisotopic (exact) mass is 689 g/mol. The van der Waals surface area contributed by atoms with Crippen LogP contribution >= 0.6 is 0 Å². The molecule has 10 nitrogen and oxygen atoms in total. The van der Waals surface area contributed by atoms with Crippen LogP contribution in [0.25, 0.3) is 27.7 Å². The van der Waals surface area contributed by atoms with E-state index >= 15 is 0 Å². The number of allylic oxidation sites excluding steroid dienone is 2. The Bertz CT molecular complexity index is 2070. The third-order valence-electron chi connectivity index (χ3n) is 9.00. The van der Waals surface area contributed by atoms with Crippen molar-refractivity contribution in [3.05, 3.63) is 71.4 Å². The van der Waals surface area contributed by atoms with Crippen molar-refractivity contribution in [1.29, 1.82) is 0 Å². The number of rotatable bonds is 8. The van der Waals surface area contributed by atoms with Crippen LogP contribution in [0, 0.1) is 5.41 Å². The molecule has 7 rings (SSSR count). The summed E-state index contributed by atoms with van der Waals surface area (Å²) in [5.74, 6) is -0.670. The van der Waals surface area contributed by atoms with Crippen LogP contribution in [0.3, 0.4) is 0 Å². The molecule has 0 unspecified atom stereocenters. The fourth-order valence-electron chi connectivity index (χ4n) is 6.57. The molecule has 48 heavy (non-hydrogen) atoms. The van der Waals surface area contributed by atoms with Crippen LogP contribution in [-0.2, 0) is 16.2 Å². The number of piperidine rings is 1. The molecule has 0 bridgehead atoms. The van der Waals surface area contributed by atoms with E-state index in [1.54, 1.807) is 22.9 Å². The van der Waals surface area contributed by atoms with E-state index in [0.717, 1.165) is 55.8 Å². The summed E-state index contributed by atoms with van der Waals surface area (Å²) in [5.41, 5.74) is 1.05. The van der Waals surface area contributed by atoms with Gasteiger partial charge in [-0.15, -0.1) is 0 Å². The average Bonchev–Trinajstić information content (AvgIpc) is 3.76. The van der Waals surface area contributed by atoms with Gasteiger partial charge in [0.1, 0.15) is 22.9 Å². The second kappa shape index (κ2) is 11.5. The van der Waals surface area contributed by atoms with Crippen molar-refractivity contribution in [3.8, 4) is 17.0 Å². The number of pyridine rings is 2. The highest BCUT2D eigenvalue weighted by atomic mass is 32.2. The topological polar surface area (TPSA) is 128 Å². The summed E-state index contributed by atoms with van der Waals surface area (Å²) in [6.45, 7) is -1.99. The summed E-state index contributed by atoms with van der Waals surface area (Å²) in [6, 6.07) is 6.83. The van der Waals surface area contributed by atoms with Crippen LogP contribution in [-0.4, -0.2) is 55.4 Å². The van der Waals surface area contributed by atoms with Gasteiger partial charge in [-0.25, -0.2) is 18.1 Å². The standard InChI is InChI=1S/C32H28F5N5O5S/c1-48(44,45)41-29(43)24-13-25(46-30(33)34)20-12-19(4-5-23(20)39-24)42-10-7-31(8-11-42)14-18(15-31)26-27(40-47-28(26)17-2-3-17)21-16-38-9-6-22(21)32(35,36)37/h4-6,9,12-14,16-17,30H,2-3,7-8,10-11,15H2,1H3,(H,41,43). The molecule has 1 saturated heterocycles. The first-order valence-electron chi connectivity index (χ1n) is 15.1. The largest absolute Gasteiger partial charge is 0.434 e. The minimum Gasteiger partial charge on any atom is -0.434 e. The van der Waals surface area contributed by atoms with Crippen LogP contribution in [0.15, 0.2) is 53.3 Å². The summed E-state index contributed by atoms with van der Waals surface area (Å²) in [5, 5.41) is 4.33. The molecule has 0 radical (unpaired) electrons. The van der Waals surface area contributed by atoms with Crippen molar-refractivity contribution in [3.63, 3.8) is 0 Å². The maximum Gasteiger partial charge on any atom is 0.417 e. The Kier molecular flexibility index (Phi) is 7.68. The molecule has 1 aliphatic heterocycles. The number of sulfonamides is 1. The number of nitrogens with one attached hydrogen (secondary N) is 1. The van der Waals surface area contributed by atoms with Crippen molar-refractivity contribution in [2.24, 2.45) is 5.41 Å². The minimum absolute atomic E-state index is 0.114. The Hall–Kier alpha value is -4.60. The van der Waals surface area contributed by atoms with E-state index in [1.807, 2.05) is 0 Å². The number of amides is 1. The quantitative estimate of drug-likeness (QED) is 0.205. The third-order valence-corrected chi connectivity index (χ3v) is 9.55. The van der Waals surface area contributed by atoms with E-state index in [0.29, 0.717) is 36.5 Å². The molecule has 1 amide bonds. The first-order valence-corrected chi connectivity index (χ1v) is 17.0. The number of ether oxygens (including phenoxy) is 1. The Morgan fingerprint density at radius 2 is 1.88 bits per heavy atom. The van der Waals surface area contributed by atoms with Gasteiger partial charge in [0, 0.05) is 59.7 Å². The molecule has 2 aliphatic carbocycles. The average molecular weight is 690 g/mol. The lowest BCUT2D eigenvalue weighted by molar-refractivity contribution is -0.137. The lowest BCUT2D eigenvalue weighted by Crippen LogP contribution is -2.42. The molecule has 3 aromatic heterocycles. The fraction of sp³-hybridized carbons (Fsp3) is 0.375. The molecule has 1 N–H and O–H groups in total. The van der Waals surface area contributed by atoms with Gasteiger partial charge in [0.05, 0.1) is 17.3 Å². The molecule has 252 valence electrons. The lowest BCUT2D eigenvalue weighted by atomic mass is 9.63. The van der Waals surface area contributed by atoms with Crippen molar-refractivity contribution >= 4 is 38.1 Å². The Morgan fingerprint density at radius 3 is 2.52 bits per heavy atom. The molecule has 0 atom stereocenters. The Morgan fingerprint density at radius 1 is 1.15 bits per heavy atom. The van der Waals surface area contributed by atoms with E-state index < -0.39 is 40.0 Å². The van der Waals surface area contributed by atoms with Gasteiger partial charge >= 0.3 is 12.8 Å². The minimum atomic E-state index is -4.59. The van der Waals surface area contributed by atoms with Crippen LogP contribution in [0.2, 0.25) is 0 Å². The van der Waals surface area contributed by atoms with Crippen molar-refractivity contribution in [1.82, 2.24) is 19.8 Å². The van der Waals surface area contributed by atoms with E-state index in [2.05, 4.69) is 30.8 Å². The van der Waals surface area contributed by atoms with Crippen LogP contribution in [0.5, 0.6) is 5.75 Å². The summed E-state index contributed by atoms with van der Waals surface area (Å²) in [7, 11) is -3.92. The highest BCUT2D eigenvalue weighted by Gasteiger charge is 2.45. The summed E-state index contributed by atoms with van der Waals surface area (Å²) < 4.78 is 103. The van der Waals surface area contributed by atoms with Gasteiger partial charge < -0.3 is 14.2 Å². The van der Waals surface area contributed by atoms with Gasteiger partial charge in [-0.3, -0.25) is 9.78 Å². The first-order chi connectivity index (χ1) is 22.7. The molecule has 3 aliphatic rings. The number of fused-ring (bicyclic) bond motifs is 1. The number of anilines is 1. The zero-order valence-electron chi connectivity index (χ0n) is 25.4. The highest BCUT2D eigenvalue weighted by Crippen LogP contribution is 2.56. The number of benzene rings is 1. The SMILES string of the molecule is CS(=O)(=O)NC(=O)c1cc(OC(F)F)c2cc(N3CCC4(C=C(c5c(-c6cnccc6C(F)(F)F)noc5C5CC5)C4)CC3)ccc2n1. The number of nitrogens with zero attached hydrogens (tertiary/aromatic N) is 4. The van der Waals surface area contributed by atoms with Crippen molar-refractivity contribution in [2.45, 2.75) is 50.8 Å². The smallest absolute Gasteiger partial charge is 0.417 e. The summed E-state index contributed by atoms with van der Waals surface area (Å²) >= 11 is 0. The zero-order valence-corrected chi connectivity index (χ0v) is 26.2. The number of aromatic nitrogens is 3. The van der Waals surface area contributed by atoms with Gasteiger partial charge in [-0.2, -0.15) is 22.0 Å². The fourth-order valence-corrected chi connectivity index (χ4v) is 7.01. The Labute approximate surface area is 271 Å². The first kappa shape index (κ1) is 32.0. The number of hydrogen-bond donors (Lipinski definition) is 1. The molecule has 1 aromatic carbocycles. The molecule has 1 saturated carbocycles. The van der Waals surface area contributed by atoms with Crippen molar-refractivity contribution < 1.29 is 44.4 Å². The molecule has 4 heterocycles. The number of halogens is 5. The van der Waals surface area contributed by atoms with E-state index in [1.165, 1.54) is 6.20 Å². The maximum absolute atomic E-state index is 13.9. The molecule has 16 heteroatoms. The van der Waals surface area contributed by atoms with Gasteiger partial charge in [0.2, 0.25) is 10.0 Å². The molecule has 2 fully saturated rings.